The molecule has 0 unspecified atom stereocenters. The molecule has 1 fully saturated rings. The van der Waals surface area contributed by atoms with Crippen LogP contribution in [0.25, 0.3) is 11.3 Å². The largest absolute Gasteiger partial charge is 0.497 e. The van der Waals surface area contributed by atoms with Crippen molar-refractivity contribution in [1.82, 2.24) is 10.2 Å². The summed E-state index contributed by atoms with van der Waals surface area (Å²) < 4.78 is 5.25. The predicted octanol–water partition coefficient (Wildman–Crippen LogP) is 3.00. The van der Waals surface area contributed by atoms with Crippen molar-refractivity contribution in [2.24, 2.45) is 5.92 Å². The minimum atomic E-state index is 0.0928. The van der Waals surface area contributed by atoms with Crippen LogP contribution in [-0.4, -0.2) is 23.2 Å². The SMILES string of the molecule is CCc1[nH]nc(-c2cccc(OC)c2)c1NC(=O)C1CC1. The number of benzene rings is 1. The molecule has 21 heavy (non-hydrogen) atoms. The van der Waals surface area contributed by atoms with Crippen molar-refractivity contribution in [2.75, 3.05) is 12.4 Å². The summed E-state index contributed by atoms with van der Waals surface area (Å²) in [5.41, 5.74) is 3.43. The molecule has 1 aromatic heterocycles. The Morgan fingerprint density at radius 2 is 2.29 bits per heavy atom. The molecule has 0 spiro atoms. The number of aromatic nitrogens is 2. The Labute approximate surface area is 123 Å². The van der Waals surface area contributed by atoms with Crippen molar-refractivity contribution in [3.05, 3.63) is 30.0 Å². The summed E-state index contributed by atoms with van der Waals surface area (Å²) in [6, 6.07) is 7.69. The van der Waals surface area contributed by atoms with Crippen LogP contribution in [0.2, 0.25) is 0 Å². The summed E-state index contributed by atoms with van der Waals surface area (Å²) in [6.07, 6.45) is 2.76. The molecule has 1 aromatic carbocycles. The number of nitrogens with zero attached hydrogens (tertiary/aromatic N) is 1. The normalized spacial score (nSPS) is 14.0. The lowest BCUT2D eigenvalue weighted by Gasteiger charge is -2.08. The quantitative estimate of drug-likeness (QED) is 0.887. The molecule has 0 bridgehead atoms. The monoisotopic (exact) mass is 285 g/mol. The van der Waals surface area contributed by atoms with Gasteiger partial charge in [-0.3, -0.25) is 9.89 Å². The van der Waals surface area contributed by atoms with Crippen LogP contribution >= 0.6 is 0 Å². The Kier molecular flexibility index (Phi) is 3.64. The smallest absolute Gasteiger partial charge is 0.227 e. The zero-order valence-electron chi connectivity index (χ0n) is 12.3. The maximum Gasteiger partial charge on any atom is 0.227 e. The lowest BCUT2D eigenvalue weighted by molar-refractivity contribution is -0.117. The van der Waals surface area contributed by atoms with Crippen molar-refractivity contribution >= 4 is 11.6 Å². The molecule has 1 heterocycles. The maximum atomic E-state index is 12.1. The molecular weight excluding hydrogens is 266 g/mol. The number of H-pyrrole nitrogens is 1. The maximum absolute atomic E-state index is 12.1. The highest BCUT2D eigenvalue weighted by Crippen LogP contribution is 2.34. The number of methoxy groups -OCH3 is 1. The van der Waals surface area contributed by atoms with Gasteiger partial charge < -0.3 is 10.1 Å². The van der Waals surface area contributed by atoms with Gasteiger partial charge in [0.05, 0.1) is 18.5 Å². The van der Waals surface area contributed by atoms with Gasteiger partial charge in [-0.25, -0.2) is 0 Å². The van der Waals surface area contributed by atoms with Crippen molar-refractivity contribution in [3.8, 4) is 17.0 Å². The van der Waals surface area contributed by atoms with Crippen LogP contribution in [0.15, 0.2) is 24.3 Å². The Morgan fingerprint density at radius 1 is 1.48 bits per heavy atom. The van der Waals surface area contributed by atoms with Gasteiger partial charge in [0.1, 0.15) is 11.4 Å². The molecule has 1 saturated carbocycles. The first-order valence-corrected chi connectivity index (χ1v) is 7.25. The summed E-state index contributed by atoms with van der Waals surface area (Å²) in [5.74, 6) is 1.03. The van der Waals surface area contributed by atoms with E-state index < -0.39 is 0 Å². The molecule has 1 amide bonds. The van der Waals surface area contributed by atoms with Gasteiger partial charge >= 0.3 is 0 Å². The minimum absolute atomic E-state index is 0.0928. The summed E-state index contributed by atoms with van der Waals surface area (Å²) in [5, 5.41) is 10.4. The van der Waals surface area contributed by atoms with Gasteiger partial charge in [-0.15, -0.1) is 0 Å². The number of ether oxygens (including phenoxy) is 1. The average molecular weight is 285 g/mol. The van der Waals surface area contributed by atoms with Crippen molar-refractivity contribution in [3.63, 3.8) is 0 Å². The van der Waals surface area contributed by atoms with E-state index in [0.717, 1.165) is 47.7 Å². The van der Waals surface area contributed by atoms with Crippen LogP contribution in [0, 0.1) is 5.92 Å². The molecule has 2 N–H and O–H groups in total. The van der Waals surface area contributed by atoms with Gasteiger partial charge in [-0.05, 0) is 31.4 Å². The van der Waals surface area contributed by atoms with E-state index >= 15 is 0 Å². The molecule has 110 valence electrons. The number of aryl methyl sites for hydroxylation is 1. The third-order valence-corrected chi connectivity index (χ3v) is 3.73. The van der Waals surface area contributed by atoms with E-state index in [1.165, 1.54) is 0 Å². The number of nitrogens with one attached hydrogen (secondary N) is 2. The highest BCUT2D eigenvalue weighted by atomic mass is 16.5. The summed E-state index contributed by atoms with van der Waals surface area (Å²) in [6.45, 7) is 2.04. The Hall–Kier alpha value is -2.30. The fraction of sp³-hybridized carbons (Fsp3) is 0.375. The van der Waals surface area contributed by atoms with E-state index in [1.807, 2.05) is 31.2 Å². The number of anilines is 1. The first-order valence-electron chi connectivity index (χ1n) is 7.25. The van der Waals surface area contributed by atoms with Crippen LogP contribution in [0.4, 0.5) is 5.69 Å². The van der Waals surface area contributed by atoms with E-state index in [-0.39, 0.29) is 11.8 Å². The van der Waals surface area contributed by atoms with Crippen molar-refractivity contribution in [1.29, 1.82) is 0 Å². The van der Waals surface area contributed by atoms with Crippen LogP contribution in [-0.2, 0) is 11.2 Å². The predicted molar refractivity (Wildman–Crippen MR) is 81.3 cm³/mol. The first kappa shape index (κ1) is 13.7. The van der Waals surface area contributed by atoms with E-state index in [4.69, 9.17) is 4.74 Å². The van der Waals surface area contributed by atoms with Crippen LogP contribution < -0.4 is 10.1 Å². The Balaban J connectivity index is 1.96. The number of carbonyl (C=O) groups is 1. The molecule has 1 aliphatic rings. The number of aromatic amines is 1. The van der Waals surface area contributed by atoms with Crippen LogP contribution in [0.3, 0.4) is 0 Å². The second-order valence-electron chi connectivity index (χ2n) is 5.27. The number of rotatable bonds is 5. The second-order valence-corrected chi connectivity index (χ2v) is 5.27. The fourth-order valence-corrected chi connectivity index (χ4v) is 2.32. The third-order valence-electron chi connectivity index (χ3n) is 3.73. The van der Waals surface area contributed by atoms with Gasteiger partial charge in [0, 0.05) is 11.5 Å². The van der Waals surface area contributed by atoms with Crippen molar-refractivity contribution < 1.29 is 9.53 Å². The van der Waals surface area contributed by atoms with Gasteiger partial charge in [0.25, 0.3) is 0 Å². The molecule has 5 nitrogen and oxygen atoms in total. The molecular formula is C16H19N3O2. The van der Waals surface area contributed by atoms with Crippen LogP contribution in [0.1, 0.15) is 25.5 Å². The zero-order chi connectivity index (χ0) is 14.8. The fourth-order valence-electron chi connectivity index (χ4n) is 2.32. The summed E-state index contributed by atoms with van der Waals surface area (Å²) in [4.78, 5) is 12.1. The molecule has 0 aliphatic heterocycles. The molecule has 3 rings (SSSR count). The van der Waals surface area contributed by atoms with Gasteiger partial charge in [-0.1, -0.05) is 19.1 Å². The van der Waals surface area contributed by atoms with Gasteiger partial charge in [0.2, 0.25) is 5.91 Å². The molecule has 0 saturated heterocycles. The number of carbonyl (C=O) groups excluding carboxylic acids is 1. The molecule has 5 heteroatoms. The molecule has 1 aliphatic carbocycles. The highest BCUT2D eigenvalue weighted by molar-refractivity contribution is 5.98. The summed E-state index contributed by atoms with van der Waals surface area (Å²) in [7, 11) is 1.64. The first-order chi connectivity index (χ1) is 10.2. The van der Waals surface area contributed by atoms with Gasteiger partial charge in [-0.2, -0.15) is 5.10 Å². The van der Waals surface area contributed by atoms with E-state index in [2.05, 4.69) is 15.5 Å². The zero-order valence-corrected chi connectivity index (χ0v) is 12.3. The number of amides is 1. The number of hydrogen-bond donors (Lipinski definition) is 2. The average Bonchev–Trinajstić information content (AvgIpc) is 3.29. The minimum Gasteiger partial charge on any atom is -0.497 e. The second kappa shape index (κ2) is 5.60. The lowest BCUT2D eigenvalue weighted by atomic mass is 10.1. The molecule has 0 atom stereocenters. The lowest BCUT2D eigenvalue weighted by Crippen LogP contribution is -2.14. The van der Waals surface area contributed by atoms with Crippen molar-refractivity contribution in [2.45, 2.75) is 26.2 Å². The number of hydrogen-bond acceptors (Lipinski definition) is 3. The third kappa shape index (κ3) is 2.77. The molecule has 2 aromatic rings. The van der Waals surface area contributed by atoms with E-state index in [1.54, 1.807) is 7.11 Å². The Morgan fingerprint density at radius 3 is 2.95 bits per heavy atom. The van der Waals surface area contributed by atoms with E-state index in [0.29, 0.717) is 0 Å². The van der Waals surface area contributed by atoms with E-state index in [9.17, 15) is 4.79 Å². The highest BCUT2D eigenvalue weighted by Gasteiger charge is 2.31. The van der Waals surface area contributed by atoms with Crippen LogP contribution in [0.5, 0.6) is 5.75 Å². The summed E-state index contributed by atoms with van der Waals surface area (Å²) >= 11 is 0. The topological polar surface area (TPSA) is 67.0 Å². The standard InChI is InChI=1S/C16H19N3O2/c1-3-13-15(17-16(20)10-7-8-10)14(19-18-13)11-5-4-6-12(9-11)21-2/h4-6,9-10H,3,7-8H2,1-2H3,(H,17,20)(H,18,19). The van der Waals surface area contributed by atoms with Gasteiger partial charge in [0.15, 0.2) is 0 Å². The molecule has 0 radical (unpaired) electrons. The Bertz CT molecular complexity index is 659.